The maximum Gasteiger partial charge on any atom is 0.335 e. The minimum atomic E-state index is -2.25. The fraction of sp³-hybridized carbons (Fsp3) is 0.818. The summed E-state index contributed by atoms with van der Waals surface area (Å²) in [6, 6.07) is 0. The van der Waals surface area contributed by atoms with Crippen molar-refractivity contribution in [2.45, 2.75) is 42.7 Å². The molecule has 0 saturated heterocycles. The van der Waals surface area contributed by atoms with Gasteiger partial charge in [-0.2, -0.15) is 0 Å². The Morgan fingerprint density at radius 1 is 0.783 bits per heavy atom. The maximum absolute atomic E-state index is 10.1. The molecular weight excluding hydrogens is 324 g/mol. The van der Waals surface area contributed by atoms with Crippen LogP contribution in [0.3, 0.4) is 0 Å². The first-order valence-corrected chi connectivity index (χ1v) is 6.21. The monoisotopic (exact) mass is 346 g/mol. The summed E-state index contributed by atoms with van der Waals surface area (Å²) in [5.41, 5.74) is 0. The van der Waals surface area contributed by atoms with Gasteiger partial charge in [-0.25, -0.2) is 4.79 Å². The van der Waals surface area contributed by atoms with Crippen molar-refractivity contribution in [3.8, 4) is 0 Å². The molecule has 6 atom stereocenters. The minimum Gasteiger partial charge on any atom is -0.479 e. The third kappa shape index (κ3) is 8.85. The molecule has 0 radical (unpaired) electrons. The van der Waals surface area contributed by atoms with Crippen molar-refractivity contribution in [2.75, 3.05) is 13.2 Å². The Labute approximate surface area is 130 Å². The molecule has 12 heteroatoms. The van der Waals surface area contributed by atoms with E-state index in [1.165, 1.54) is 0 Å². The fourth-order valence-corrected chi connectivity index (χ4v) is 1.09. The van der Waals surface area contributed by atoms with Gasteiger partial charge in [-0.3, -0.25) is 0 Å². The van der Waals surface area contributed by atoms with E-state index in [2.05, 4.69) is 0 Å². The molecule has 23 heavy (non-hydrogen) atoms. The average Bonchev–Trinajstić information content (AvgIpc) is 2.56. The number of aliphatic carboxylic acids is 1. The molecule has 0 rings (SSSR count). The number of carboxylic acid groups (broad SMARTS) is 1. The summed E-state index contributed by atoms with van der Waals surface area (Å²) in [5.74, 6) is -1.76. The molecule has 0 aromatic carbocycles. The van der Waals surface area contributed by atoms with Gasteiger partial charge in [-0.05, 0) is 0 Å². The number of carbonyl (C=O) groups excluding carboxylic acids is 1. The van der Waals surface area contributed by atoms with Gasteiger partial charge in [-0.15, -0.1) is 0 Å². The summed E-state index contributed by atoms with van der Waals surface area (Å²) < 4.78 is 0. The SMILES string of the molecule is O=CC(O)C(O)C(O)C(O)C(=O)O.OCC(O)C(O)C(O)CO. The van der Waals surface area contributed by atoms with Crippen LogP contribution in [0.2, 0.25) is 0 Å². The van der Waals surface area contributed by atoms with E-state index in [9.17, 15) is 9.59 Å². The third-order valence-electron chi connectivity index (χ3n) is 2.58. The Morgan fingerprint density at radius 3 is 1.43 bits per heavy atom. The van der Waals surface area contributed by atoms with Gasteiger partial charge >= 0.3 is 5.97 Å². The molecule has 0 saturated carbocycles. The molecular formula is C11H22O12. The van der Waals surface area contributed by atoms with Crippen molar-refractivity contribution >= 4 is 12.3 Å². The molecule has 0 spiro atoms. The van der Waals surface area contributed by atoms with Crippen molar-refractivity contribution in [2.24, 2.45) is 0 Å². The van der Waals surface area contributed by atoms with Gasteiger partial charge in [0.2, 0.25) is 0 Å². The Balaban J connectivity index is 0. The van der Waals surface area contributed by atoms with Gasteiger partial charge in [0.15, 0.2) is 12.4 Å². The Bertz CT molecular complexity index is 327. The van der Waals surface area contributed by atoms with E-state index in [-0.39, 0.29) is 6.29 Å². The zero-order chi connectivity index (χ0) is 18.7. The Kier molecular flexibility index (Phi) is 12.8. The molecule has 12 nitrogen and oxygen atoms in total. The average molecular weight is 346 g/mol. The van der Waals surface area contributed by atoms with E-state index in [0.29, 0.717) is 0 Å². The summed E-state index contributed by atoms with van der Waals surface area (Å²) in [6.45, 7) is -1.28. The summed E-state index contributed by atoms with van der Waals surface area (Å²) in [5, 5.41) is 85.8. The van der Waals surface area contributed by atoms with Crippen molar-refractivity contribution in [3.05, 3.63) is 0 Å². The van der Waals surface area contributed by atoms with Gasteiger partial charge < -0.3 is 55.9 Å². The van der Waals surface area contributed by atoms with Crippen molar-refractivity contribution in [3.63, 3.8) is 0 Å². The van der Waals surface area contributed by atoms with Gasteiger partial charge in [0.1, 0.15) is 36.6 Å². The van der Waals surface area contributed by atoms with E-state index in [4.69, 9.17) is 51.1 Å². The van der Waals surface area contributed by atoms with Crippen molar-refractivity contribution in [1.29, 1.82) is 0 Å². The van der Waals surface area contributed by atoms with Crippen LogP contribution >= 0.6 is 0 Å². The Morgan fingerprint density at radius 2 is 1.17 bits per heavy atom. The van der Waals surface area contributed by atoms with Crippen molar-refractivity contribution < 1.29 is 60.7 Å². The molecule has 0 aliphatic rings. The molecule has 0 aromatic rings. The first-order chi connectivity index (χ1) is 10.5. The molecule has 0 aliphatic carbocycles. The second kappa shape index (κ2) is 12.2. The number of carbonyl (C=O) groups is 2. The molecule has 0 fully saturated rings. The lowest BCUT2D eigenvalue weighted by molar-refractivity contribution is -0.163. The van der Waals surface area contributed by atoms with Gasteiger partial charge in [0.25, 0.3) is 0 Å². The summed E-state index contributed by atoms with van der Waals surface area (Å²) >= 11 is 0. The van der Waals surface area contributed by atoms with E-state index in [1.807, 2.05) is 0 Å². The lowest BCUT2D eigenvalue weighted by Gasteiger charge is -2.21. The van der Waals surface area contributed by atoms with Crippen LogP contribution in [0.15, 0.2) is 0 Å². The molecule has 10 N–H and O–H groups in total. The summed E-state index contributed by atoms with van der Waals surface area (Å²) in [4.78, 5) is 20.0. The number of aliphatic hydroxyl groups is 9. The zero-order valence-electron chi connectivity index (χ0n) is 11.8. The van der Waals surface area contributed by atoms with Crippen LogP contribution in [-0.2, 0) is 9.59 Å². The number of carboxylic acids is 1. The van der Waals surface area contributed by atoms with Crippen LogP contribution in [-0.4, -0.2) is 119 Å². The van der Waals surface area contributed by atoms with Crippen molar-refractivity contribution in [1.82, 2.24) is 0 Å². The first-order valence-electron chi connectivity index (χ1n) is 6.21. The summed E-state index contributed by atoms with van der Waals surface area (Å²) in [6.07, 6.45) is -12.7. The van der Waals surface area contributed by atoms with Crippen LogP contribution in [0.4, 0.5) is 0 Å². The zero-order valence-corrected chi connectivity index (χ0v) is 11.8. The van der Waals surface area contributed by atoms with Crippen LogP contribution in [0, 0.1) is 0 Å². The highest BCUT2D eigenvalue weighted by molar-refractivity contribution is 5.73. The number of aldehydes is 1. The topological polar surface area (TPSA) is 236 Å². The number of hydrogen-bond acceptors (Lipinski definition) is 11. The molecule has 0 amide bonds. The second-order valence-corrected chi connectivity index (χ2v) is 4.38. The highest BCUT2D eigenvalue weighted by atomic mass is 16.4. The molecule has 0 bridgehead atoms. The molecule has 138 valence electrons. The van der Waals surface area contributed by atoms with Crippen LogP contribution in [0.1, 0.15) is 0 Å². The smallest absolute Gasteiger partial charge is 0.335 e. The van der Waals surface area contributed by atoms with Crippen LogP contribution < -0.4 is 0 Å². The number of rotatable bonds is 9. The normalized spacial score (nSPS) is 20.0. The highest BCUT2D eigenvalue weighted by Gasteiger charge is 2.34. The van der Waals surface area contributed by atoms with Gasteiger partial charge in [0.05, 0.1) is 13.2 Å². The molecule has 0 heterocycles. The Hall–Kier alpha value is -1.22. The second-order valence-electron chi connectivity index (χ2n) is 4.38. The van der Waals surface area contributed by atoms with E-state index in [1.54, 1.807) is 0 Å². The number of hydrogen-bond donors (Lipinski definition) is 10. The molecule has 0 aliphatic heterocycles. The van der Waals surface area contributed by atoms with Gasteiger partial charge in [0, 0.05) is 0 Å². The predicted molar refractivity (Wildman–Crippen MR) is 69.9 cm³/mol. The molecule has 0 aromatic heterocycles. The predicted octanol–water partition coefficient (Wildman–Crippen LogP) is -6.23. The maximum atomic E-state index is 10.1. The highest BCUT2D eigenvalue weighted by Crippen LogP contribution is 2.03. The first kappa shape index (κ1) is 24.0. The standard InChI is InChI=1S/C6H10O7.C5H12O5/c7-1-2(8)3(9)4(10)5(11)6(12)13;6-1-3(8)5(10)4(9)2-7/h1-5,8-11H,(H,12,13);3-10H,1-2H2. The van der Waals surface area contributed by atoms with E-state index in [0.717, 1.165) is 0 Å². The lowest BCUT2D eigenvalue weighted by atomic mass is 10.0. The quantitative estimate of drug-likeness (QED) is 0.175. The van der Waals surface area contributed by atoms with Crippen LogP contribution in [0.25, 0.3) is 0 Å². The van der Waals surface area contributed by atoms with E-state index >= 15 is 0 Å². The minimum absolute atomic E-state index is 0.0809. The molecule has 6 unspecified atom stereocenters. The fourth-order valence-electron chi connectivity index (χ4n) is 1.09. The third-order valence-corrected chi connectivity index (χ3v) is 2.58. The van der Waals surface area contributed by atoms with Gasteiger partial charge in [-0.1, -0.05) is 0 Å². The largest absolute Gasteiger partial charge is 0.479 e. The van der Waals surface area contributed by atoms with Crippen LogP contribution in [0.5, 0.6) is 0 Å². The summed E-state index contributed by atoms with van der Waals surface area (Å²) in [7, 11) is 0. The lowest BCUT2D eigenvalue weighted by Crippen LogP contribution is -2.48. The number of aliphatic hydroxyl groups excluding tert-OH is 9. The van der Waals surface area contributed by atoms with E-state index < -0.39 is 61.9 Å².